The van der Waals surface area contributed by atoms with Gasteiger partial charge in [0.15, 0.2) is 0 Å². The number of phosphoric acid groups is 3. The first-order valence-corrected chi connectivity index (χ1v) is 11.5. The highest BCUT2D eigenvalue weighted by molar-refractivity contribution is 7.66. The van der Waals surface area contributed by atoms with Gasteiger partial charge in [-0.15, -0.1) is 0 Å². The Hall–Kier alpha value is -0.950. The average molecular weight is 452 g/mol. The lowest BCUT2D eigenvalue weighted by Gasteiger charge is -2.20. The molecule has 2 rings (SSSR count). The van der Waals surface area contributed by atoms with Crippen LogP contribution < -0.4 is 11.2 Å². The van der Waals surface area contributed by atoms with E-state index in [1.807, 2.05) is 4.98 Å². The molecular formula is C9H15N2O13P3. The number of nitrogens with zero attached hydrogens (tertiary/aromatic N) is 1. The molecule has 0 saturated carbocycles. The van der Waals surface area contributed by atoms with Gasteiger partial charge in [-0.3, -0.25) is 18.9 Å². The minimum atomic E-state index is -5.64. The molecule has 1 aliphatic heterocycles. The molecule has 1 aliphatic rings. The fraction of sp³-hybridized carbons (Fsp3) is 0.556. The summed E-state index contributed by atoms with van der Waals surface area (Å²) >= 11 is 0. The Morgan fingerprint density at radius 1 is 1.15 bits per heavy atom. The summed E-state index contributed by atoms with van der Waals surface area (Å²) in [5.74, 6) is 0. The van der Waals surface area contributed by atoms with Gasteiger partial charge >= 0.3 is 29.2 Å². The van der Waals surface area contributed by atoms with Crippen LogP contribution in [0.4, 0.5) is 0 Å². The molecule has 0 amide bonds. The highest BCUT2D eigenvalue weighted by atomic mass is 31.3. The Morgan fingerprint density at radius 2 is 1.78 bits per heavy atom. The van der Waals surface area contributed by atoms with Crippen LogP contribution in [-0.4, -0.2) is 41.3 Å². The monoisotopic (exact) mass is 452 g/mol. The first-order chi connectivity index (χ1) is 12.2. The maximum Gasteiger partial charge on any atom is 0.490 e. The Balaban J connectivity index is 2.09. The standard InChI is InChI=1S/C9H15N2O13P3/c1-5-6(4-8(21-5)11-3-2-7(12)10-9(11)13)22-26(17,18)24-27(19,20)23-25(14,15)16/h2-3,5-6,8H,4H2,1H3,(H,17,18)(H,19,20)(H,10,12,13)(H2,14,15,16)/t5-,6?,8-/m0/s1. The van der Waals surface area contributed by atoms with Gasteiger partial charge in [-0.1, -0.05) is 0 Å². The largest absolute Gasteiger partial charge is 0.490 e. The second kappa shape index (κ2) is 7.82. The Morgan fingerprint density at radius 3 is 2.33 bits per heavy atom. The Kier molecular flexibility index (Phi) is 6.47. The third-order valence-corrected chi connectivity index (χ3v) is 7.04. The van der Waals surface area contributed by atoms with Crippen LogP contribution in [0, 0.1) is 0 Å². The molecule has 0 aromatic carbocycles. The number of hydrogen-bond acceptors (Lipinski definition) is 9. The number of nitrogens with one attached hydrogen (secondary N) is 1. The molecule has 0 bridgehead atoms. The van der Waals surface area contributed by atoms with Crippen molar-refractivity contribution in [1.29, 1.82) is 0 Å². The lowest BCUT2D eigenvalue weighted by atomic mass is 10.2. The molecule has 1 aromatic heterocycles. The minimum absolute atomic E-state index is 0.198. The number of ether oxygens (including phenoxy) is 1. The van der Waals surface area contributed by atoms with Crippen molar-refractivity contribution in [2.75, 3.05) is 0 Å². The van der Waals surface area contributed by atoms with Gasteiger partial charge in [0.05, 0.1) is 12.2 Å². The smallest absolute Gasteiger partial charge is 0.352 e. The first kappa shape index (κ1) is 22.3. The van der Waals surface area contributed by atoms with E-state index in [1.165, 1.54) is 6.92 Å². The summed E-state index contributed by atoms with van der Waals surface area (Å²) in [6.45, 7) is 1.39. The maximum absolute atomic E-state index is 11.8. The number of rotatable bonds is 7. The third kappa shape index (κ3) is 6.56. The summed E-state index contributed by atoms with van der Waals surface area (Å²) in [5, 5.41) is 0. The number of phosphoric ester groups is 1. The van der Waals surface area contributed by atoms with Crippen LogP contribution in [-0.2, 0) is 31.6 Å². The van der Waals surface area contributed by atoms with Crippen molar-refractivity contribution < 1.29 is 51.2 Å². The van der Waals surface area contributed by atoms with E-state index in [0.717, 1.165) is 16.8 Å². The summed E-state index contributed by atoms with van der Waals surface area (Å²) in [6, 6.07) is 1.05. The van der Waals surface area contributed by atoms with Gasteiger partial charge in [0.25, 0.3) is 5.56 Å². The van der Waals surface area contributed by atoms with Crippen LogP contribution >= 0.6 is 23.5 Å². The normalized spacial score (nSPS) is 27.8. The van der Waals surface area contributed by atoms with Gasteiger partial charge in [0.2, 0.25) is 0 Å². The number of aromatic nitrogens is 2. The second-order valence-corrected chi connectivity index (χ2v) is 9.66. The summed E-state index contributed by atoms with van der Waals surface area (Å²) in [7, 11) is -16.5. The molecule has 0 spiro atoms. The van der Waals surface area contributed by atoms with Crippen LogP contribution in [0.25, 0.3) is 0 Å². The van der Waals surface area contributed by atoms with Gasteiger partial charge < -0.3 is 24.3 Å². The van der Waals surface area contributed by atoms with Crippen molar-refractivity contribution in [1.82, 2.24) is 9.55 Å². The molecule has 27 heavy (non-hydrogen) atoms. The third-order valence-electron chi connectivity index (χ3n) is 3.18. The van der Waals surface area contributed by atoms with Crippen LogP contribution in [0.3, 0.4) is 0 Å². The van der Waals surface area contributed by atoms with E-state index in [4.69, 9.17) is 19.4 Å². The van der Waals surface area contributed by atoms with Crippen LogP contribution in [0.15, 0.2) is 21.9 Å². The van der Waals surface area contributed by atoms with Gasteiger partial charge in [0, 0.05) is 18.7 Å². The number of aromatic amines is 1. The zero-order valence-corrected chi connectivity index (χ0v) is 16.0. The highest BCUT2D eigenvalue weighted by Gasteiger charge is 2.45. The predicted molar refractivity (Wildman–Crippen MR) is 84.3 cm³/mol. The molecule has 0 aliphatic carbocycles. The maximum atomic E-state index is 11.8. The van der Waals surface area contributed by atoms with Crippen molar-refractivity contribution in [3.05, 3.63) is 33.1 Å². The van der Waals surface area contributed by atoms with E-state index in [-0.39, 0.29) is 6.42 Å². The number of H-pyrrole nitrogens is 1. The topological polar surface area (TPSA) is 224 Å². The molecule has 18 heteroatoms. The molecule has 1 saturated heterocycles. The summed E-state index contributed by atoms with van der Waals surface area (Å²) < 4.78 is 52.0. The lowest BCUT2D eigenvalue weighted by molar-refractivity contribution is -0.0102. The van der Waals surface area contributed by atoms with Gasteiger partial charge in [-0.05, 0) is 6.92 Å². The molecule has 2 heterocycles. The van der Waals surface area contributed by atoms with E-state index < -0.39 is 53.2 Å². The van der Waals surface area contributed by atoms with Gasteiger partial charge in [-0.25, -0.2) is 18.5 Å². The lowest BCUT2D eigenvalue weighted by Crippen LogP contribution is -2.31. The SMILES string of the molecule is C[C@@H]1O[C@H](n2ccc(=O)[nH]c2=O)CC1OP(=O)(O)OP(=O)(O)OP(=O)(O)O. The first-order valence-electron chi connectivity index (χ1n) is 6.97. The fourth-order valence-corrected chi connectivity index (χ4v) is 5.47. The van der Waals surface area contributed by atoms with Crippen molar-refractivity contribution in [2.24, 2.45) is 0 Å². The minimum Gasteiger partial charge on any atom is -0.352 e. The van der Waals surface area contributed by atoms with E-state index in [2.05, 4.69) is 13.1 Å². The summed E-state index contributed by atoms with van der Waals surface area (Å²) in [5.41, 5.74) is -1.45. The molecule has 15 nitrogen and oxygen atoms in total. The zero-order valence-electron chi connectivity index (χ0n) is 13.3. The molecule has 1 aromatic rings. The molecule has 5 atom stereocenters. The van der Waals surface area contributed by atoms with Crippen molar-refractivity contribution >= 4 is 23.5 Å². The van der Waals surface area contributed by atoms with E-state index in [9.17, 15) is 28.2 Å². The number of hydrogen-bond donors (Lipinski definition) is 5. The second-order valence-electron chi connectivity index (χ2n) is 5.28. The summed E-state index contributed by atoms with van der Waals surface area (Å²) in [4.78, 5) is 60.4. The summed E-state index contributed by atoms with van der Waals surface area (Å²) in [6.07, 6.45) is -2.19. The van der Waals surface area contributed by atoms with E-state index in [1.54, 1.807) is 0 Å². The molecule has 1 fully saturated rings. The van der Waals surface area contributed by atoms with Crippen LogP contribution in [0.5, 0.6) is 0 Å². The van der Waals surface area contributed by atoms with Gasteiger partial charge in [0.1, 0.15) is 6.23 Å². The van der Waals surface area contributed by atoms with E-state index in [0.29, 0.717) is 0 Å². The van der Waals surface area contributed by atoms with Crippen molar-refractivity contribution in [3.8, 4) is 0 Å². The molecule has 154 valence electrons. The van der Waals surface area contributed by atoms with Crippen molar-refractivity contribution in [2.45, 2.75) is 31.8 Å². The molecular weight excluding hydrogens is 437 g/mol. The molecule has 5 N–H and O–H groups in total. The quantitative estimate of drug-likeness (QED) is 0.331. The van der Waals surface area contributed by atoms with Crippen LogP contribution in [0.1, 0.15) is 19.6 Å². The molecule has 3 unspecified atom stereocenters. The van der Waals surface area contributed by atoms with Gasteiger partial charge in [-0.2, -0.15) is 8.62 Å². The Bertz CT molecular complexity index is 949. The van der Waals surface area contributed by atoms with Crippen molar-refractivity contribution in [3.63, 3.8) is 0 Å². The highest BCUT2D eigenvalue weighted by Crippen LogP contribution is 2.67. The van der Waals surface area contributed by atoms with Crippen LogP contribution in [0.2, 0.25) is 0 Å². The zero-order chi connectivity index (χ0) is 20.6. The molecule has 0 radical (unpaired) electrons. The predicted octanol–water partition coefficient (Wildman–Crippen LogP) is -0.444. The fourth-order valence-electron chi connectivity index (χ4n) is 2.21. The average Bonchev–Trinajstić information content (AvgIpc) is 2.74. The Labute approximate surface area is 150 Å². The van der Waals surface area contributed by atoms with E-state index >= 15 is 0 Å².